The first-order valence-corrected chi connectivity index (χ1v) is 8.18. The Morgan fingerprint density at radius 2 is 1.86 bits per heavy atom. The summed E-state index contributed by atoms with van der Waals surface area (Å²) in [5.41, 5.74) is 0.770. The number of benzene rings is 1. The number of hydrogen-bond acceptors (Lipinski definition) is 4. The van der Waals surface area contributed by atoms with Crippen LogP contribution in [0.3, 0.4) is 0 Å². The molecule has 0 saturated heterocycles. The molecule has 112 valence electrons. The minimum absolute atomic E-state index is 0.424. The van der Waals surface area contributed by atoms with Crippen molar-refractivity contribution >= 4 is 31.9 Å². The number of nitrogens with one attached hydrogen (secondary N) is 1. The largest absolute Gasteiger partial charge is 0.475 e. The zero-order chi connectivity index (χ0) is 15.6. The van der Waals surface area contributed by atoms with Gasteiger partial charge >= 0.3 is 5.97 Å². The van der Waals surface area contributed by atoms with Gasteiger partial charge in [0.1, 0.15) is 0 Å². The Balaban J connectivity index is 2.20. The van der Waals surface area contributed by atoms with Crippen LogP contribution in [0.5, 0.6) is 0 Å². The van der Waals surface area contributed by atoms with Gasteiger partial charge in [-0.05, 0) is 36.8 Å². The molecule has 0 amide bonds. The zero-order valence-corrected chi connectivity index (χ0v) is 13.3. The SMILES string of the molecule is C[C@H](NS(=O)(=O)c1ccc(C(=O)O)o1)c1ccc(Br)cc1. The number of furan rings is 1. The van der Waals surface area contributed by atoms with E-state index >= 15 is 0 Å². The van der Waals surface area contributed by atoms with E-state index in [0.717, 1.165) is 22.2 Å². The molecule has 2 rings (SSSR count). The van der Waals surface area contributed by atoms with Crippen LogP contribution in [0.4, 0.5) is 0 Å². The van der Waals surface area contributed by atoms with Crippen molar-refractivity contribution in [2.24, 2.45) is 0 Å². The van der Waals surface area contributed by atoms with Gasteiger partial charge in [0.2, 0.25) is 10.9 Å². The quantitative estimate of drug-likeness (QED) is 0.839. The van der Waals surface area contributed by atoms with E-state index in [-0.39, 0.29) is 0 Å². The third-order valence-electron chi connectivity index (χ3n) is 2.76. The van der Waals surface area contributed by atoms with Crippen LogP contribution in [0.25, 0.3) is 0 Å². The molecular weight excluding hydrogens is 362 g/mol. The van der Waals surface area contributed by atoms with E-state index in [1.807, 2.05) is 0 Å². The molecule has 0 radical (unpaired) electrons. The van der Waals surface area contributed by atoms with Gasteiger partial charge in [-0.1, -0.05) is 28.1 Å². The number of sulfonamides is 1. The van der Waals surface area contributed by atoms with Crippen LogP contribution in [0.1, 0.15) is 29.1 Å². The minimum atomic E-state index is -3.92. The Labute approximate surface area is 130 Å². The molecule has 0 aliphatic heterocycles. The summed E-state index contributed by atoms with van der Waals surface area (Å²) in [6.45, 7) is 1.68. The second kappa shape index (κ2) is 6.00. The highest BCUT2D eigenvalue weighted by atomic mass is 79.9. The van der Waals surface area contributed by atoms with Crippen molar-refractivity contribution in [1.29, 1.82) is 0 Å². The number of carboxylic acid groups (broad SMARTS) is 1. The normalized spacial score (nSPS) is 13.0. The highest BCUT2D eigenvalue weighted by Gasteiger charge is 2.23. The van der Waals surface area contributed by atoms with Crippen molar-refractivity contribution in [3.05, 3.63) is 52.2 Å². The van der Waals surface area contributed by atoms with Crippen molar-refractivity contribution in [2.75, 3.05) is 0 Å². The standard InChI is InChI=1S/C13H12BrNO5S/c1-8(9-2-4-10(14)5-3-9)15-21(18,19)12-7-6-11(20-12)13(16)17/h2-8,15H,1H3,(H,16,17)/t8-/m0/s1. The summed E-state index contributed by atoms with van der Waals surface area (Å²) >= 11 is 3.30. The van der Waals surface area contributed by atoms with Crippen molar-refractivity contribution in [3.8, 4) is 0 Å². The van der Waals surface area contributed by atoms with Crippen molar-refractivity contribution in [3.63, 3.8) is 0 Å². The monoisotopic (exact) mass is 373 g/mol. The zero-order valence-electron chi connectivity index (χ0n) is 10.9. The van der Waals surface area contributed by atoms with Gasteiger partial charge in [-0.2, -0.15) is 0 Å². The highest BCUT2D eigenvalue weighted by molar-refractivity contribution is 9.10. The number of carbonyl (C=O) groups is 1. The van der Waals surface area contributed by atoms with E-state index in [1.54, 1.807) is 31.2 Å². The molecule has 8 heteroatoms. The highest BCUT2D eigenvalue weighted by Crippen LogP contribution is 2.20. The summed E-state index contributed by atoms with van der Waals surface area (Å²) in [7, 11) is -3.92. The minimum Gasteiger partial charge on any atom is -0.475 e. The number of carboxylic acids is 1. The van der Waals surface area contributed by atoms with Crippen LogP contribution in [-0.2, 0) is 10.0 Å². The summed E-state index contributed by atoms with van der Waals surface area (Å²) in [6.07, 6.45) is 0. The fourth-order valence-electron chi connectivity index (χ4n) is 1.69. The number of aromatic carboxylic acids is 1. The summed E-state index contributed by atoms with van der Waals surface area (Å²) in [5, 5.41) is 8.31. The average molecular weight is 374 g/mol. The molecule has 6 nitrogen and oxygen atoms in total. The van der Waals surface area contributed by atoms with E-state index in [2.05, 4.69) is 20.7 Å². The Kier molecular flexibility index (Phi) is 4.50. The molecule has 0 aliphatic carbocycles. The molecule has 1 heterocycles. The van der Waals surface area contributed by atoms with Crippen LogP contribution >= 0.6 is 15.9 Å². The van der Waals surface area contributed by atoms with Gasteiger partial charge in [-0.15, -0.1) is 0 Å². The predicted octanol–water partition coefficient (Wildman–Crippen LogP) is 2.78. The smallest absolute Gasteiger partial charge is 0.371 e. The molecular formula is C13H12BrNO5S. The van der Waals surface area contributed by atoms with Crippen LogP contribution < -0.4 is 4.72 Å². The van der Waals surface area contributed by atoms with Crippen LogP contribution in [0, 0.1) is 0 Å². The lowest BCUT2D eigenvalue weighted by Gasteiger charge is -2.13. The predicted molar refractivity (Wildman–Crippen MR) is 78.5 cm³/mol. The van der Waals surface area contributed by atoms with Crippen molar-refractivity contribution in [2.45, 2.75) is 18.1 Å². The first kappa shape index (κ1) is 15.7. The summed E-state index contributed by atoms with van der Waals surface area (Å²) in [5.74, 6) is -1.75. The molecule has 1 aromatic carbocycles. The van der Waals surface area contributed by atoms with Crippen LogP contribution in [-0.4, -0.2) is 19.5 Å². The molecule has 2 aromatic rings. The van der Waals surface area contributed by atoms with E-state index < -0.39 is 32.9 Å². The van der Waals surface area contributed by atoms with Gasteiger partial charge in [0, 0.05) is 10.5 Å². The number of rotatable bonds is 5. The number of hydrogen-bond donors (Lipinski definition) is 2. The van der Waals surface area contributed by atoms with Gasteiger partial charge in [-0.3, -0.25) is 0 Å². The molecule has 1 aromatic heterocycles. The third kappa shape index (κ3) is 3.72. The van der Waals surface area contributed by atoms with Gasteiger partial charge in [0.05, 0.1) is 0 Å². The molecule has 0 spiro atoms. The summed E-state index contributed by atoms with van der Waals surface area (Å²) in [6, 6.07) is 8.89. The lowest BCUT2D eigenvalue weighted by Crippen LogP contribution is -2.26. The molecule has 21 heavy (non-hydrogen) atoms. The molecule has 0 fully saturated rings. The third-order valence-corrected chi connectivity index (χ3v) is 4.70. The Hall–Kier alpha value is -1.64. The van der Waals surface area contributed by atoms with Crippen molar-refractivity contribution in [1.82, 2.24) is 4.72 Å². The van der Waals surface area contributed by atoms with E-state index in [0.29, 0.717) is 0 Å². The number of halogens is 1. The molecule has 0 saturated carbocycles. The van der Waals surface area contributed by atoms with Gasteiger partial charge < -0.3 is 9.52 Å². The Bertz CT molecular complexity index is 751. The van der Waals surface area contributed by atoms with Gasteiger partial charge in [0.25, 0.3) is 10.0 Å². The Morgan fingerprint density at radius 3 is 2.38 bits per heavy atom. The van der Waals surface area contributed by atoms with E-state index in [1.165, 1.54) is 0 Å². The molecule has 0 unspecified atom stereocenters. The Morgan fingerprint density at radius 1 is 1.24 bits per heavy atom. The second-order valence-corrected chi connectivity index (χ2v) is 6.88. The first-order valence-electron chi connectivity index (χ1n) is 5.90. The van der Waals surface area contributed by atoms with E-state index in [4.69, 9.17) is 9.52 Å². The first-order chi connectivity index (χ1) is 9.79. The van der Waals surface area contributed by atoms with Crippen LogP contribution in [0.2, 0.25) is 0 Å². The maximum atomic E-state index is 12.1. The molecule has 2 N–H and O–H groups in total. The maximum Gasteiger partial charge on any atom is 0.371 e. The molecule has 0 bridgehead atoms. The lowest BCUT2D eigenvalue weighted by atomic mass is 10.1. The van der Waals surface area contributed by atoms with Gasteiger partial charge in [-0.25, -0.2) is 17.9 Å². The summed E-state index contributed by atoms with van der Waals surface area (Å²) < 4.78 is 32.3. The lowest BCUT2D eigenvalue weighted by molar-refractivity contribution is 0.0656. The fraction of sp³-hybridized carbons (Fsp3) is 0.154. The molecule has 0 aliphatic rings. The second-order valence-electron chi connectivity index (χ2n) is 4.32. The molecule has 1 atom stereocenters. The fourth-order valence-corrected chi connectivity index (χ4v) is 3.12. The topological polar surface area (TPSA) is 96.6 Å². The van der Waals surface area contributed by atoms with E-state index in [9.17, 15) is 13.2 Å². The maximum absolute atomic E-state index is 12.1. The van der Waals surface area contributed by atoms with Crippen LogP contribution in [0.15, 0.2) is 50.4 Å². The van der Waals surface area contributed by atoms with Crippen molar-refractivity contribution < 1.29 is 22.7 Å². The average Bonchev–Trinajstić information content (AvgIpc) is 2.89. The summed E-state index contributed by atoms with van der Waals surface area (Å²) in [4.78, 5) is 10.7. The van der Waals surface area contributed by atoms with Gasteiger partial charge in [0.15, 0.2) is 0 Å².